The highest BCUT2D eigenvalue weighted by molar-refractivity contribution is 7.89. The van der Waals surface area contributed by atoms with E-state index in [1.54, 1.807) is 36.4 Å². The van der Waals surface area contributed by atoms with Gasteiger partial charge in [0.2, 0.25) is 10.0 Å². The van der Waals surface area contributed by atoms with Crippen molar-refractivity contribution in [1.82, 2.24) is 9.21 Å². The molecule has 30 heavy (non-hydrogen) atoms. The number of piperidine rings is 1. The quantitative estimate of drug-likeness (QED) is 0.740. The largest absolute Gasteiger partial charge is 0.299 e. The summed E-state index contributed by atoms with van der Waals surface area (Å²) in [5.41, 5.74) is 2.34. The van der Waals surface area contributed by atoms with Crippen molar-refractivity contribution in [2.75, 3.05) is 26.2 Å². The topological polar surface area (TPSA) is 64.4 Å². The molecule has 0 saturated carbocycles. The zero-order chi connectivity index (χ0) is 21.4. The average molecular weight is 432 g/mol. The van der Waals surface area contributed by atoms with Crippen molar-refractivity contribution in [2.24, 2.45) is 0 Å². The summed E-state index contributed by atoms with van der Waals surface area (Å²) in [7, 11) is -3.63. The molecule has 158 valence electrons. The average Bonchev–Trinajstić information content (AvgIpc) is 3.25. The Kier molecular flexibility index (Phi) is 5.62. The number of hydrogen-bond donors (Lipinski definition) is 0. The van der Waals surface area contributed by atoms with Gasteiger partial charge in [0.05, 0.1) is 16.5 Å². The Hall–Kier alpha value is -2.34. The molecule has 2 aliphatic rings. The summed E-state index contributed by atoms with van der Waals surface area (Å²) in [5, 5.41) is 8.90. The molecule has 0 spiro atoms. The van der Waals surface area contributed by atoms with Crippen molar-refractivity contribution >= 4 is 10.0 Å². The van der Waals surface area contributed by atoms with Crippen molar-refractivity contribution in [3.8, 4) is 17.2 Å². The van der Waals surface area contributed by atoms with Crippen LogP contribution in [0.1, 0.15) is 24.8 Å². The Balaban J connectivity index is 1.44. The summed E-state index contributed by atoms with van der Waals surface area (Å²) in [4.78, 5) is 2.23. The summed E-state index contributed by atoms with van der Waals surface area (Å²) in [6, 6.07) is 15.9. The van der Waals surface area contributed by atoms with Crippen LogP contribution in [-0.4, -0.2) is 55.8 Å². The summed E-state index contributed by atoms with van der Waals surface area (Å²) in [6.45, 7) is 1.36. The van der Waals surface area contributed by atoms with Gasteiger partial charge in [0.1, 0.15) is 0 Å². The molecule has 0 aromatic heterocycles. The summed E-state index contributed by atoms with van der Waals surface area (Å²) in [5.74, 6) is -2.60. The molecule has 0 amide bonds. The fourth-order valence-corrected chi connectivity index (χ4v) is 5.64. The molecule has 0 radical (unpaired) electrons. The van der Waals surface area contributed by atoms with Gasteiger partial charge in [-0.15, -0.1) is 0 Å². The summed E-state index contributed by atoms with van der Waals surface area (Å²) in [6.07, 6.45) is 0.342. The molecular weight excluding hydrogens is 408 g/mol. The SMILES string of the molecule is N#Cc1ccc(-c2ccc(S(=O)(=O)N3CC[C@H](N4CCC(F)(F)CC4)C3)cc2)cc1. The first kappa shape index (κ1) is 20.9. The van der Waals surface area contributed by atoms with Crippen LogP contribution in [0, 0.1) is 11.3 Å². The van der Waals surface area contributed by atoms with Crippen LogP contribution in [0.25, 0.3) is 11.1 Å². The number of sulfonamides is 1. The van der Waals surface area contributed by atoms with E-state index in [2.05, 4.69) is 6.07 Å². The predicted molar refractivity (Wildman–Crippen MR) is 110 cm³/mol. The third-order valence-electron chi connectivity index (χ3n) is 6.01. The maximum atomic E-state index is 13.4. The van der Waals surface area contributed by atoms with Gasteiger partial charge in [-0.05, 0) is 41.8 Å². The minimum Gasteiger partial charge on any atom is -0.299 e. The second kappa shape index (κ2) is 8.06. The molecule has 4 rings (SSSR count). The number of hydrogen-bond acceptors (Lipinski definition) is 4. The number of nitriles is 1. The lowest BCUT2D eigenvalue weighted by Gasteiger charge is -2.35. The van der Waals surface area contributed by atoms with Gasteiger partial charge in [0.15, 0.2) is 0 Å². The highest BCUT2D eigenvalue weighted by atomic mass is 32.2. The highest BCUT2D eigenvalue weighted by Gasteiger charge is 2.40. The Morgan fingerprint density at radius 3 is 2.07 bits per heavy atom. The third-order valence-corrected chi connectivity index (χ3v) is 7.89. The molecule has 2 aliphatic heterocycles. The standard InChI is InChI=1S/C22H23F2N3O2S/c23-22(24)10-13-26(14-11-22)20-9-12-27(16-20)30(28,29)21-7-5-19(6-8-21)18-3-1-17(15-25)2-4-18/h1-8,20H,9-14,16H2/t20-/m0/s1. The molecule has 0 bridgehead atoms. The second-order valence-electron chi connectivity index (χ2n) is 7.91. The van der Waals surface area contributed by atoms with Crippen LogP contribution in [0.5, 0.6) is 0 Å². The van der Waals surface area contributed by atoms with Crippen LogP contribution in [0.4, 0.5) is 8.78 Å². The molecule has 8 heteroatoms. The summed E-state index contributed by atoms with van der Waals surface area (Å²) >= 11 is 0. The maximum Gasteiger partial charge on any atom is 0.250 e. The van der Waals surface area contributed by atoms with Crippen LogP contribution >= 0.6 is 0 Å². The molecule has 1 atom stereocenters. The molecule has 0 unspecified atom stereocenters. The van der Waals surface area contributed by atoms with Gasteiger partial charge < -0.3 is 0 Å². The monoisotopic (exact) mass is 431 g/mol. The highest BCUT2D eigenvalue weighted by Crippen LogP contribution is 2.32. The molecule has 5 nitrogen and oxygen atoms in total. The minimum atomic E-state index is -3.63. The van der Waals surface area contributed by atoms with Crippen molar-refractivity contribution < 1.29 is 17.2 Å². The molecule has 2 fully saturated rings. The Labute approximate surface area is 175 Å². The first-order valence-corrected chi connectivity index (χ1v) is 11.5. The van der Waals surface area contributed by atoms with Gasteiger partial charge in [-0.25, -0.2) is 17.2 Å². The Morgan fingerprint density at radius 2 is 1.50 bits per heavy atom. The maximum absolute atomic E-state index is 13.4. The van der Waals surface area contributed by atoms with E-state index in [1.807, 2.05) is 17.0 Å². The lowest BCUT2D eigenvalue weighted by Crippen LogP contribution is -2.46. The first-order chi connectivity index (χ1) is 14.3. The van der Waals surface area contributed by atoms with Crippen LogP contribution < -0.4 is 0 Å². The molecular formula is C22H23F2N3O2S. The minimum absolute atomic E-state index is 0.00574. The Morgan fingerprint density at radius 1 is 0.933 bits per heavy atom. The van der Waals surface area contributed by atoms with E-state index in [0.717, 1.165) is 11.1 Å². The molecule has 2 heterocycles. The molecule has 2 saturated heterocycles. The Bertz CT molecular complexity index is 1040. The van der Waals surface area contributed by atoms with Crippen molar-refractivity contribution in [1.29, 1.82) is 5.26 Å². The van der Waals surface area contributed by atoms with Crippen LogP contribution in [0.2, 0.25) is 0 Å². The lowest BCUT2D eigenvalue weighted by atomic mass is 10.0. The molecule has 2 aromatic carbocycles. The van der Waals surface area contributed by atoms with Gasteiger partial charge >= 0.3 is 0 Å². The van der Waals surface area contributed by atoms with Gasteiger partial charge in [0, 0.05) is 45.1 Å². The summed E-state index contributed by atoms with van der Waals surface area (Å²) < 4.78 is 54.4. The van der Waals surface area contributed by atoms with Crippen molar-refractivity contribution in [2.45, 2.75) is 36.1 Å². The fraction of sp³-hybridized carbons (Fsp3) is 0.409. The number of benzene rings is 2. The molecule has 0 aliphatic carbocycles. The van der Waals surface area contributed by atoms with Crippen LogP contribution in [0.15, 0.2) is 53.4 Å². The van der Waals surface area contributed by atoms with Gasteiger partial charge in [-0.2, -0.15) is 9.57 Å². The van der Waals surface area contributed by atoms with E-state index in [-0.39, 0.29) is 23.8 Å². The third kappa shape index (κ3) is 4.24. The first-order valence-electron chi connectivity index (χ1n) is 10.0. The zero-order valence-electron chi connectivity index (χ0n) is 16.5. The number of likely N-dealkylation sites (tertiary alicyclic amines) is 1. The number of rotatable bonds is 4. The normalized spacial score (nSPS) is 22.6. The van der Waals surface area contributed by atoms with E-state index < -0.39 is 15.9 Å². The van der Waals surface area contributed by atoms with Crippen molar-refractivity contribution in [3.63, 3.8) is 0 Å². The fourth-order valence-electron chi connectivity index (χ4n) is 4.15. The molecule has 2 aromatic rings. The van der Waals surface area contributed by atoms with Gasteiger partial charge in [0.25, 0.3) is 5.92 Å². The van der Waals surface area contributed by atoms with E-state index in [1.165, 1.54) is 4.31 Å². The van der Waals surface area contributed by atoms with E-state index in [0.29, 0.717) is 38.2 Å². The smallest absolute Gasteiger partial charge is 0.250 e. The van der Waals surface area contributed by atoms with E-state index in [4.69, 9.17) is 5.26 Å². The van der Waals surface area contributed by atoms with Gasteiger partial charge in [-0.3, -0.25) is 4.90 Å². The second-order valence-corrected chi connectivity index (χ2v) is 9.85. The van der Waals surface area contributed by atoms with Crippen molar-refractivity contribution in [3.05, 3.63) is 54.1 Å². The van der Waals surface area contributed by atoms with Gasteiger partial charge in [-0.1, -0.05) is 24.3 Å². The van der Waals surface area contributed by atoms with Crippen LogP contribution in [-0.2, 0) is 10.0 Å². The lowest BCUT2D eigenvalue weighted by molar-refractivity contribution is -0.0618. The van der Waals surface area contributed by atoms with Crippen LogP contribution in [0.3, 0.4) is 0 Å². The van der Waals surface area contributed by atoms with E-state index >= 15 is 0 Å². The number of halogens is 2. The van der Waals surface area contributed by atoms with E-state index in [9.17, 15) is 17.2 Å². The molecule has 0 N–H and O–H groups in total. The zero-order valence-corrected chi connectivity index (χ0v) is 17.3. The predicted octanol–water partition coefficient (Wildman–Crippen LogP) is 3.72. The number of alkyl halides is 2. The number of nitrogens with zero attached hydrogens (tertiary/aromatic N) is 3.